The Hall–Kier alpha value is -1.76. The normalized spacial score (nSPS) is 9.33. The zero-order valence-electron chi connectivity index (χ0n) is 6.72. The number of aromatic amines is 1. The van der Waals surface area contributed by atoms with Crippen molar-refractivity contribution < 1.29 is 0 Å². The van der Waals surface area contributed by atoms with Crippen LogP contribution in [0.3, 0.4) is 0 Å². The highest BCUT2D eigenvalue weighted by Gasteiger charge is 2.05. The third-order valence-electron chi connectivity index (χ3n) is 1.63. The molecule has 62 valence electrons. The van der Waals surface area contributed by atoms with Crippen LogP contribution in [0, 0.1) is 11.3 Å². The zero-order chi connectivity index (χ0) is 9.14. The lowest BCUT2D eigenvalue weighted by Crippen LogP contribution is -2.14. The van der Waals surface area contributed by atoms with Gasteiger partial charge in [0.15, 0.2) is 0 Å². The largest absolute Gasteiger partial charge is 0.385 e. The SMILES string of the molecule is CCc1cc(N)[nH]c(=O)c1C#N. The van der Waals surface area contributed by atoms with Crippen LogP contribution in [0.25, 0.3) is 0 Å². The Bertz CT molecular complexity index is 386. The second kappa shape index (κ2) is 3.09. The summed E-state index contributed by atoms with van der Waals surface area (Å²) >= 11 is 0. The summed E-state index contributed by atoms with van der Waals surface area (Å²) in [7, 11) is 0. The minimum absolute atomic E-state index is 0.159. The van der Waals surface area contributed by atoms with Gasteiger partial charge in [-0.25, -0.2) is 0 Å². The van der Waals surface area contributed by atoms with E-state index in [1.165, 1.54) is 0 Å². The Labute approximate surface area is 69.6 Å². The lowest BCUT2D eigenvalue weighted by atomic mass is 10.1. The van der Waals surface area contributed by atoms with Crippen molar-refractivity contribution in [3.63, 3.8) is 0 Å². The zero-order valence-corrected chi connectivity index (χ0v) is 6.72. The molecule has 0 unspecified atom stereocenters. The highest BCUT2D eigenvalue weighted by atomic mass is 16.1. The van der Waals surface area contributed by atoms with Crippen LogP contribution in [-0.2, 0) is 6.42 Å². The van der Waals surface area contributed by atoms with E-state index in [2.05, 4.69) is 4.98 Å². The third-order valence-corrected chi connectivity index (χ3v) is 1.63. The van der Waals surface area contributed by atoms with Gasteiger partial charge in [0.05, 0.1) is 0 Å². The Morgan fingerprint density at radius 3 is 2.92 bits per heavy atom. The standard InChI is InChI=1S/C8H9N3O/c1-2-5-3-7(10)11-8(12)6(5)4-9/h3H,2H2,1H3,(H3,10,11,12). The van der Waals surface area contributed by atoms with Crippen LogP contribution in [0.1, 0.15) is 18.1 Å². The molecule has 1 aromatic rings. The number of nitriles is 1. The fourth-order valence-electron chi connectivity index (χ4n) is 1.04. The number of nitrogens with two attached hydrogens (primary N) is 1. The monoisotopic (exact) mass is 163 g/mol. The van der Waals surface area contributed by atoms with Crippen LogP contribution >= 0.6 is 0 Å². The smallest absolute Gasteiger partial charge is 0.267 e. The van der Waals surface area contributed by atoms with E-state index in [0.29, 0.717) is 17.8 Å². The molecule has 3 N–H and O–H groups in total. The van der Waals surface area contributed by atoms with Crippen molar-refractivity contribution in [2.75, 3.05) is 5.73 Å². The summed E-state index contributed by atoms with van der Waals surface area (Å²) in [5, 5.41) is 8.61. The van der Waals surface area contributed by atoms with Crippen molar-refractivity contribution in [3.8, 4) is 6.07 Å². The van der Waals surface area contributed by atoms with Gasteiger partial charge in [0.25, 0.3) is 5.56 Å². The number of H-pyrrole nitrogens is 1. The molecular weight excluding hydrogens is 154 g/mol. The van der Waals surface area contributed by atoms with E-state index in [9.17, 15) is 4.79 Å². The van der Waals surface area contributed by atoms with Gasteiger partial charge in [-0.15, -0.1) is 0 Å². The molecule has 0 saturated carbocycles. The molecule has 0 amide bonds. The van der Waals surface area contributed by atoms with Crippen molar-refractivity contribution in [1.82, 2.24) is 4.98 Å². The van der Waals surface area contributed by atoms with Gasteiger partial charge in [-0.3, -0.25) is 4.79 Å². The molecule has 1 rings (SSSR count). The third kappa shape index (κ3) is 1.30. The summed E-state index contributed by atoms with van der Waals surface area (Å²) in [6.07, 6.45) is 0.636. The first kappa shape index (κ1) is 8.34. The molecule has 1 aromatic heterocycles. The summed E-state index contributed by atoms with van der Waals surface area (Å²) in [4.78, 5) is 13.5. The first-order chi connectivity index (χ1) is 5.69. The van der Waals surface area contributed by atoms with Gasteiger partial charge in [-0.1, -0.05) is 6.92 Å². The average Bonchev–Trinajstić information content (AvgIpc) is 2.03. The van der Waals surface area contributed by atoms with E-state index in [4.69, 9.17) is 11.0 Å². The molecule has 1 heterocycles. The number of nitrogen functional groups attached to an aromatic ring is 1. The van der Waals surface area contributed by atoms with Gasteiger partial charge in [-0.05, 0) is 18.1 Å². The number of hydrogen-bond acceptors (Lipinski definition) is 3. The van der Waals surface area contributed by atoms with Crippen molar-refractivity contribution in [2.24, 2.45) is 0 Å². The van der Waals surface area contributed by atoms with Gasteiger partial charge in [0.1, 0.15) is 17.5 Å². The molecule has 0 aliphatic rings. The number of pyridine rings is 1. The van der Waals surface area contributed by atoms with Crippen molar-refractivity contribution >= 4 is 5.82 Å². The van der Waals surface area contributed by atoms with Gasteiger partial charge in [-0.2, -0.15) is 5.26 Å². The second-order valence-electron chi connectivity index (χ2n) is 2.42. The van der Waals surface area contributed by atoms with Gasteiger partial charge in [0.2, 0.25) is 0 Å². The summed E-state index contributed by atoms with van der Waals surface area (Å²) in [5.41, 5.74) is 5.84. The molecule has 0 spiro atoms. The maximum atomic E-state index is 11.1. The van der Waals surface area contributed by atoms with Crippen LogP contribution < -0.4 is 11.3 Å². The first-order valence-electron chi connectivity index (χ1n) is 3.60. The highest BCUT2D eigenvalue weighted by Crippen LogP contribution is 2.05. The molecule has 4 heteroatoms. The minimum Gasteiger partial charge on any atom is -0.385 e. The first-order valence-corrected chi connectivity index (χ1v) is 3.60. The second-order valence-corrected chi connectivity index (χ2v) is 2.42. The van der Waals surface area contributed by atoms with Crippen LogP contribution in [0.4, 0.5) is 5.82 Å². The van der Waals surface area contributed by atoms with E-state index < -0.39 is 5.56 Å². The molecule has 0 radical (unpaired) electrons. The Balaban J connectivity index is 3.47. The predicted octanol–water partition coefficient (Wildman–Crippen LogP) is 0.391. The fourth-order valence-corrected chi connectivity index (χ4v) is 1.04. The van der Waals surface area contributed by atoms with Crippen molar-refractivity contribution in [1.29, 1.82) is 5.26 Å². The number of nitrogens with zero attached hydrogens (tertiary/aromatic N) is 1. The predicted molar refractivity (Wildman–Crippen MR) is 45.6 cm³/mol. The summed E-state index contributed by atoms with van der Waals surface area (Å²) < 4.78 is 0. The molecule has 0 bridgehead atoms. The van der Waals surface area contributed by atoms with Crippen LogP contribution in [0.5, 0.6) is 0 Å². The van der Waals surface area contributed by atoms with Crippen molar-refractivity contribution in [3.05, 3.63) is 27.5 Å². The highest BCUT2D eigenvalue weighted by molar-refractivity contribution is 5.42. The van der Waals surface area contributed by atoms with Gasteiger partial charge in [0, 0.05) is 0 Å². The maximum absolute atomic E-state index is 11.1. The number of anilines is 1. The molecule has 0 aromatic carbocycles. The van der Waals surface area contributed by atoms with Crippen molar-refractivity contribution in [2.45, 2.75) is 13.3 Å². The van der Waals surface area contributed by atoms with Crippen LogP contribution in [-0.4, -0.2) is 4.98 Å². The minimum atomic E-state index is -0.408. The van der Waals surface area contributed by atoms with E-state index in [0.717, 1.165) is 0 Å². The van der Waals surface area contributed by atoms with E-state index in [-0.39, 0.29) is 5.56 Å². The number of aryl methyl sites for hydroxylation is 1. The summed E-state index contributed by atoms with van der Waals surface area (Å²) in [6, 6.07) is 3.45. The molecular formula is C8H9N3O. The summed E-state index contributed by atoms with van der Waals surface area (Å²) in [5.74, 6) is 0.302. The Morgan fingerprint density at radius 2 is 2.42 bits per heavy atom. The Morgan fingerprint density at radius 1 is 1.75 bits per heavy atom. The van der Waals surface area contributed by atoms with E-state index >= 15 is 0 Å². The Kier molecular flexibility index (Phi) is 2.15. The van der Waals surface area contributed by atoms with Crippen LogP contribution in [0.15, 0.2) is 10.9 Å². The molecule has 0 aliphatic carbocycles. The lowest BCUT2D eigenvalue weighted by molar-refractivity contribution is 1.08. The lowest BCUT2D eigenvalue weighted by Gasteiger charge is -1.99. The van der Waals surface area contributed by atoms with Crippen LogP contribution in [0.2, 0.25) is 0 Å². The number of rotatable bonds is 1. The maximum Gasteiger partial charge on any atom is 0.267 e. The molecule has 4 nitrogen and oxygen atoms in total. The van der Waals surface area contributed by atoms with E-state index in [1.807, 2.05) is 13.0 Å². The molecule has 0 aliphatic heterocycles. The molecule has 0 saturated heterocycles. The van der Waals surface area contributed by atoms with Gasteiger partial charge >= 0.3 is 0 Å². The molecule has 0 atom stereocenters. The fraction of sp³-hybridized carbons (Fsp3) is 0.250. The summed E-state index contributed by atoms with van der Waals surface area (Å²) in [6.45, 7) is 1.87. The molecule has 12 heavy (non-hydrogen) atoms. The van der Waals surface area contributed by atoms with E-state index in [1.54, 1.807) is 6.07 Å². The molecule has 0 fully saturated rings. The van der Waals surface area contributed by atoms with Gasteiger partial charge < -0.3 is 10.7 Å². The number of aromatic nitrogens is 1. The number of nitrogens with one attached hydrogen (secondary N) is 1. The average molecular weight is 163 g/mol. The topological polar surface area (TPSA) is 82.7 Å². The number of hydrogen-bond donors (Lipinski definition) is 2. The quantitative estimate of drug-likeness (QED) is 0.628.